The first-order valence-electron chi connectivity index (χ1n) is 6.76. The zero-order valence-corrected chi connectivity index (χ0v) is 16.3. The van der Waals surface area contributed by atoms with E-state index in [0.29, 0.717) is 6.61 Å². The van der Waals surface area contributed by atoms with Crippen LogP contribution in [0.25, 0.3) is 0 Å². The topological polar surface area (TPSA) is 9.23 Å². The van der Waals surface area contributed by atoms with Crippen molar-refractivity contribution < 1.29 is 4.74 Å². The van der Waals surface area contributed by atoms with E-state index in [-0.39, 0.29) is 5.41 Å². The Kier molecular flexibility index (Phi) is 6.77. The van der Waals surface area contributed by atoms with Crippen molar-refractivity contribution in [2.75, 3.05) is 17.3 Å². The molecule has 0 aliphatic heterocycles. The molecule has 0 fully saturated rings. The number of ether oxygens (including phenoxy) is 1. The molecule has 0 aliphatic rings. The second-order valence-corrected chi connectivity index (χ2v) is 6.91. The summed E-state index contributed by atoms with van der Waals surface area (Å²) in [5.41, 5.74) is 1.31. The Morgan fingerprint density at radius 2 is 1.48 bits per heavy atom. The van der Waals surface area contributed by atoms with Crippen molar-refractivity contribution in [2.45, 2.75) is 11.8 Å². The molecule has 0 spiro atoms. The van der Waals surface area contributed by atoms with Gasteiger partial charge in [-0.25, -0.2) is 0 Å². The van der Waals surface area contributed by atoms with Gasteiger partial charge in [0.2, 0.25) is 0 Å². The molecule has 0 bridgehead atoms. The van der Waals surface area contributed by atoms with Gasteiger partial charge < -0.3 is 4.74 Å². The monoisotopic (exact) mass is 474 g/mol. The quantitative estimate of drug-likeness (QED) is 0.449. The fourth-order valence-electron chi connectivity index (χ4n) is 2.22. The Labute approximate surface area is 151 Å². The number of halogens is 3. The van der Waals surface area contributed by atoms with Gasteiger partial charge in [0, 0.05) is 20.5 Å². The first-order valence-corrected chi connectivity index (χ1v) is 9.80. The number of hydrogen-bond donors (Lipinski definition) is 0. The van der Waals surface area contributed by atoms with Crippen molar-refractivity contribution in [1.29, 1.82) is 0 Å². The molecule has 0 atom stereocenters. The summed E-state index contributed by atoms with van der Waals surface area (Å²) in [5, 5.41) is 1.76. The number of alkyl halides is 2. The largest absolute Gasteiger partial charge is 0.494 e. The fourth-order valence-corrected chi connectivity index (χ4v) is 5.02. The van der Waals surface area contributed by atoms with Crippen LogP contribution in [0.5, 0.6) is 5.75 Å². The van der Waals surface area contributed by atoms with E-state index in [0.717, 1.165) is 27.3 Å². The lowest BCUT2D eigenvalue weighted by Gasteiger charge is -2.31. The van der Waals surface area contributed by atoms with Crippen LogP contribution in [0.15, 0.2) is 59.1 Å². The second-order valence-electron chi connectivity index (χ2n) is 4.94. The van der Waals surface area contributed by atoms with Crippen LogP contribution < -0.4 is 4.74 Å². The lowest BCUT2D eigenvalue weighted by Crippen LogP contribution is -2.32. The SMILES string of the molecule is BrCC(CBr)(CCOc1ccccc1)c1ccccc1Br. The smallest absolute Gasteiger partial charge is 0.119 e. The molecule has 2 aromatic rings. The van der Waals surface area contributed by atoms with E-state index >= 15 is 0 Å². The summed E-state index contributed by atoms with van der Waals surface area (Å²) in [7, 11) is 0. The van der Waals surface area contributed by atoms with Gasteiger partial charge in [0.1, 0.15) is 5.75 Å². The van der Waals surface area contributed by atoms with Crippen molar-refractivity contribution in [2.24, 2.45) is 0 Å². The molecule has 112 valence electrons. The van der Waals surface area contributed by atoms with Crippen LogP contribution in [0, 0.1) is 0 Å². The molecule has 0 amide bonds. The van der Waals surface area contributed by atoms with E-state index in [2.05, 4.69) is 66.0 Å². The Bertz CT molecular complexity index is 553. The summed E-state index contributed by atoms with van der Waals surface area (Å²) in [6.07, 6.45) is 0.932. The minimum Gasteiger partial charge on any atom is -0.494 e. The van der Waals surface area contributed by atoms with E-state index < -0.39 is 0 Å². The number of para-hydroxylation sites is 1. The van der Waals surface area contributed by atoms with Gasteiger partial charge in [0.15, 0.2) is 0 Å². The molecule has 0 unspecified atom stereocenters. The summed E-state index contributed by atoms with van der Waals surface area (Å²) in [4.78, 5) is 0. The van der Waals surface area contributed by atoms with E-state index in [9.17, 15) is 0 Å². The minimum atomic E-state index is 0.00880. The zero-order valence-electron chi connectivity index (χ0n) is 11.6. The maximum atomic E-state index is 5.87. The normalized spacial score (nSPS) is 11.4. The van der Waals surface area contributed by atoms with Crippen molar-refractivity contribution in [3.05, 3.63) is 64.6 Å². The molecule has 2 rings (SSSR count). The first-order chi connectivity index (χ1) is 10.2. The Morgan fingerprint density at radius 3 is 2.10 bits per heavy atom. The predicted molar refractivity (Wildman–Crippen MR) is 100.0 cm³/mol. The van der Waals surface area contributed by atoms with E-state index in [1.54, 1.807) is 0 Å². The molecular formula is C17H17Br3O. The van der Waals surface area contributed by atoms with Crippen LogP contribution in [0.3, 0.4) is 0 Å². The van der Waals surface area contributed by atoms with Crippen LogP contribution >= 0.6 is 47.8 Å². The van der Waals surface area contributed by atoms with Crippen molar-refractivity contribution in [1.82, 2.24) is 0 Å². The maximum Gasteiger partial charge on any atom is 0.119 e. The first kappa shape index (κ1) is 17.0. The van der Waals surface area contributed by atoms with Gasteiger partial charge >= 0.3 is 0 Å². The summed E-state index contributed by atoms with van der Waals surface area (Å²) in [6.45, 7) is 0.683. The van der Waals surface area contributed by atoms with E-state index in [4.69, 9.17) is 4.74 Å². The van der Waals surface area contributed by atoms with Crippen LogP contribution in [-0.2, 0) is 5.41 Å². The molecule has 21 heavy (non-hydrogen) atoms. The second kappa shape index (κ2) is 8.35. The van der Waals surface area contributed by atoms with Crippen LogP contribution in [0.1, 0.15) is 12.0 Å². The van der Waals surface area contributed by atoms with Gasteiger partial charge in [-0.05, 0) is 30.2 Å². The lowest BCUT2D eigenvalue weighted by atomic mass is 9.82. The van der Waals surface area contributed by atoms with Crippen molar-refractivity contribution >= 4 is 47.8 Å². The van der Waals surface area contributed by atoms with Gasteiger partial charge in [-0.2, -0.15) is 0 Å². The maximum absolute atomic E-state index is 5.87. The molecule has 0 radical (unpaired) electrons. The van der Waals surface area contributed by atoms with Crippen LogP contribution in [0.4, 0.5) is 0 Å². The summed E-state index contributed by atoms with van der Waals surface area (Å²) in [5.74, 6) is 0.919. The summed E-state index contributed by atoms with van der Waals surface area (Å²) >= 11 is 11.0. The lowest BCUT2D eigenvalue weighted by molar-refractivity contribution is 0.277. The van der Waals surface area contributed by atoms with Gasteiger partial charge in [-0.3, -0.25) is 0 Å². The van der Waals surface area contributed by atoms with Crippen molar-refractivity contribution in [3.63, 3.8) is 0 Å². The van der Waals surface area contributed by atoms with Gasteiger partial charge in [-0.15, -0.1) is 0 Å². The molecule has 0 aromatic heterocycles. The molecule has 4 heteroatoms. The highest BCUT2D eigenvalue weighted by atomic mass is 79.9. The number of rotatable bonds is 7. The fraction of sp³-hybridized carbons (Fsp3) is 0.294. The standard InChI is InChI=1S/C17H17Br3O/c18-12-17(13-19,15-8-4-5-9-16(15)20)10-11-21-14-6-2-1-3-7-14/h1-9H,10-13H2. The van der Waals surface area contributed by atoms with Crippen LogP contribution in [0.2, 0.25) is 0 Å². The zero-order chi connectivity index (χ0) is 15.1. The third-order valence-corrected chi connectivity index (χ3v) is 6.39. The predicted octanol–water partition coefficient (Wildman–Crippen LogP) is 5.95. The Morgan fingerprint density at radius 1 is 0.857 bits per heavy atom. The molecule has 2 aromatic carbocycles. The third kappa shape index (κ3) is 4.33. The minimum absolute atomic E-state index is 0.00880. The van der Waals surface area contributed by atoms with E-state index in [1.807, 2.05) is 36.4 Å². The Balaban J connectivity index is 2.10. The average Bonchev–Trinajstić information content (AvgIpc) is 2.54. The van der Waals surface area contributed by atoms with E-state index in [1.165, 1.54) is 5.56 Å². The molecule has 0 N–H and O–H groups in total. The van der Waals surface area contributed by atoms with Gasteiger partial charge in [0.05, 0.1) is 6.61 Å². The summed E-state index contributed by atoms with van der Waals surface area (Å²) in [6, 6.07) is 18.3. The summed E-state index contributed by atoms with van der Waals surface area (Å²) < 4.78 is 7.01. The highest BCUT2D eigenvalue weighted by Gasteiger charge is 2.31. The Hall–Kier alpha value is -0.320. The highest BCUT2D eigenvalue weighted by Crippen LogP contribution is 2.37. The van der Waals surface area contributed by atoms with Gasteiger partial charge in [-0.1, -0.05) is 84.2 Å². The molecule has 0 saturated heterocycles. The van der Waals surface area contributed by atoms with Crippen molar-refractivity contribution in [3.8, 4) is 5.75 Å². The molecular weight excluding hydrogens is 460 g/mol. The third-order valence-electron chi connectivity index (χ3n) is 3.55. The van der Waals surface area contributed by atoms with Gasteiger partial charge in [0.25, 0.3) is 0 Å². The highest BCUT2D eigenvalue weighted by molar-refractivity contribution is 9.10. The number of hydrogen-bond acceptors (Lipinski definition) is 1. The molecule has 0 aliphatic carbocycles. The molecule has 1 nitrogen and oxygen atoms in total. The van der Waals surface area contributed by atoms with Crippen LogP contribution in [-0.4, -0.2) is 17.3 Å². The molecule has 0 saturated carbocycles. The average molecular weight is 477 g/mol. The number of benzene rings is 2. The molecule has 0 heterocycles.